The van der Waals surface area contributed by atoms with Gasteiger partial charge in [-0.2, -0.15) is 0 Å². The van der Waals surface area contributed by atoms with Crippen LogP contribution in [0.5, 0.6) is 0 Å². The van der Waals surface area contributed by atoms with Crippen molar-refractivity contribution in [2.75, 3.05) is 26.4 Å². The van der Waals surface area contributed by atoms with Crippen LogP contribution < -0.4 is 5.32 Å². The molecule has 0 aliphatic rings. The lowest BCUT2D eigenvalue weighted by molar-refractivity contribution is -0.147. The fourth-order valence-corrected chi connectivity index (χ4v) is 6.04. The summed E-state index contributed by atoms with van der Waals surface area (Å²) in [5.41, 5.74) is 0. The van der Waals surface area contributed by atoms with Crippen LogP contribution in [0, 0.1) is 0 Å². The minimum Gasteiger partial charge on any atom is -0.463 e. The van der Waals surface area contributed by atoms with E-state index in [9.17, 15) is 24.2 Å². The van der Waals surface area contributed by atoms with E-state index in [1.807, 2.05) is 12.2 Å². The Balaban J connectivity index is 3.73. The van der Waals surface area contributed by atoms with Gasteiger partial charge in [0.25, 0.3) is 0 Å². The standard InChI is InChI=1S/C44H76NO8P/c1-3-5-7-9-11-13-15-17-19-20-21-22-23-24-26-28-30-32-34-36-43(47)45-38-39-52-54(49,50)53-41-42(46)40-51-44(48)37-35-33-31-29-27-25-18-16-14-12-10-8-6-4-2/h5,7,11,13,17,19,21-22,24,26,30,32,42,46H,3-4,6,8-10,12,14-16,18,20,23,25,27-29,31,33-41H2,1-2H3,(H,45,47)(H,49,50)/b7-5-,13-11-,19-17-,22-21-,26-24-,32-30-. The second-order valence-electron chi connectivity index (χ2n) is 13.6. The lowest BCUT2D eigenvalue weighted by atomic mass is 10.0. The smallest absolute Gasteiger partial charge is 0.463 e. The van der Waals surface area contributed by atoms with Crippen molar-refractivity contribution in [3.63, 3.8) is 0 Å². The number of rotatable bonds is 38. The molecule has 2 unspecified atom stereocenters. The number of allylic oxidation sites excluding steroid dienone is 12. The summed E-state index contributed by atoms with van der Waals surface area (Å²) >= 11 is 0. The van der Waals surface area contributed by atoms with Gasteiger partial charge in [0.2, 0.25) is 5.91 Å². The van der Waals surface area contributed by atoms with E-state index in [0.717, 1.165) is 57.8 Å². The summed E-state index contributed by atoms with van der Waals surface area (Å²) in [5.74, 6) is -0.605. The van der Waals surface area contributed by atoms with Crippen molar-refractivity contribution < 1.29 is 37.9 Å². The molecular weight excluding hydrogens is 701 g/mol. The number of aliphatic hydroxyl groups is 1. The van der Waals surface area contributed by atoms with E-state index >= 15 is 0 Å². The van der Waals surface area contributed by atoms with E-state index in [-0.39, 0.29) is 32.1 Å². The maximum Gasteiger partial charge on any atom is 0.472 e. The van der Waals surface area contributed by atoms with Gasteiger partial charge in [0.1, 0.15) is 12.7 Å². The molecule has 2 atom stereocenters. The molecule has 0 radical (unpaired) electrons. The zero-order valence-corrected chi connectivity index (χ0v) is 34.8. The lowest BCUT2D eigenvalue weighted by Crippen LogP contribution is -2.27. The predicted octanol–water partition coefficient (Wildman–Crippen LogP) is 11.5. The molecule has 1 amide bonds. The maximum absolute atomic E-state index is 12.1. The van der Waals surface area contributed by atoms with Crippen LogP contribution in [0.3, 0.4) is 0 Å². The van der Waals surface area contributed by atoms with Gasteiger partial charge in [-0.05, 0) is 51.4 Å². The topological polar surface area (TPSA) is 131 Å². The van der Waals surface area contributed by atoms with E-state index in [2.05, 4.69) is 79.9 Å². The average molecular weight is 778 g/mol. The van der Waals surface area contributed by atoms with Gasteiger partial charge < -0.3 is 20.1 Å². The molecule has 0 fully saturated rings. The van der Waals surface area contributed by atoms with Gasteiger partial charge in [-0.3, -0.25) is 18.6 Å². The highest BCUT2D eigenvalue weighted by Gasteiger charge is 2.23. The summed E-state index contributed by atoms with van der Waals surface area (Å²) in [5, 5.41) is 12.6. The summed E-state index contributed by atoms with van der Waals surface area (Å²) < 4.78 is 26.8. The number of amides is 1. The van der Waals surface area contributed by atoms with Gasteiger partial charge in [0.15, 0.2) is 0 Å². The largest absolute Gasteiger partial charge is 0.472 e. The van der Waals surface area contributed by atoms with Crippen LogP contribution in [0.2, 0.25) is 0 Å². The zero-order valence-electron chi connectivity index (χ0n) is 33.9. The SMILES string of the molecule is CC/C=C\C/C=C\C/C=C\C/C=C\C/C=C\C/C=C\CCC(=O)NCCOP(=O)(O)OCC(O)COC(=O)CCCCCCCCCCCCCCCC. The van der Waals surface area contributed by atoms with Crippen molar-refractivity contribution in [1.29, 1.82) is 0 Å². The first-order valence-corrected chi connectivity index (χ1v) is 22.4. The van der Waals surface area contributed by atoms with Crippen LogP contribution in [0.25, 0.3) is 0 Å². The van der Waals surface area contributed by atoms with Crippen LogP contribution >= 0.6 is 7.82 Å². The number of phosphoric acid groups is 1. The van der Waals surface area contributed by atoms with Gasteiger partial charge in [-0.25, -0.2) is 4.57 Å². The fraction of sp³-hybridized carbons (Fsp3) is 0.682. The monoisotopic (exact) mass is 778 g/mol. The molecule has 0 bridgehead atoms. The third kappa shape index (κ3) is 40.6. The van der Waals surface area contributed by atoms with E-state index in [4.69, 9.17) is 13.8 Å². The molecule has 54 heavy (non-hydrogen) atoms. The van der Waals surface area contributed by atoms with Crippen molar-refractivity contribution in [3.05, 3.63) is 72.9 Å². The normalized spacial score (nSPS) is 14.1. The number of phosphoric ester groups is 1. The number of unbranched alkanes of at least 4 members (excludes halogenated alkanes) is 13. The van der Waals surface area contributed by atoms with Crippen LogP contribution in [-0.2, 0) is 27.9 Å². The number of carbonyl (C=O) groups is 2. The van der Waals surface area contributed by atoms with Crippen LogP contribution in [-0.4, -0.2) is 54.3 Å². The Bertz CT molecular complexity index is 1110. The van der Waals surface area contributed by atoms with E-state index in [1.165, 1.54) is 70.6 Å². The highest BCUT2D eigenvalue weighted by molar-refractivity contribution is 7.47. The second-order valence-corrected chi connectivity index (χ2v) is 15.0. The maximum atomic E-state index is 12.1. The molecule has 0 aliphatic carbocycles. The number of carbonyl (C=O) groups excluding carboxylic acids is 2. The highest BCUT2D eigenvalue weighted by atomic mass is 31.2. The van der Waals surface area contributed by atoms with Gasteiger partial charge in [0.05, 0.1) is 13.2 Å². The molecule has 10 heteroatoms. The molecule has 0 saturated carbocycles. The van der Waals surface area contributed by atoms with E-state index < -0.39 is 26.5 Å². The van der Waals surface area contributed by atoms with Gasteiger partial charge in [0, 0.05) is 19.4 Å². The molecule has 0 saturated heterocycles. The van der Waals surface area contributed by atoms with Crippen molar-refractivity contribution in [2.45, 2.75) is 168 Å². The minimum absolute atomic E-state index is 0.0376. The summed E-state index contributed by atoms with van der Waals surface area (Å²) in [6, 6.07) is 0. The number of aliphatic hydroxyl groups excluding tert-OH is 1. The Morgan fingerprint density at radius 2 is 1.04 bits per heavy atom. The van der Waals surface area contributed by atoms with Crippen molar-refractivity contribution in [2.24, 2.45) is 0 Å². The first-order valence-electron chi connectivity index (χ1n) is 20.9. The third-order valence-electron chi connectivity index (χ3n) is 8.41. The number of esters is 1. The Morgan fingerprint density at radius 3 is 1.52 bits per heavy atom. The Labute approximate surface area is 329 Å². The number of hydrogen-bond donors (Lipinski definition) is 3. The summed E-state index contributed by atoms with van der Waals surface area (Å²) in [6.45, 7) is 3.33. The fourth-order valence-electron chi connectivity index (χ4n) is 5.28. The third-order valence-corrected chi connectivity index (χ3v) is 9.40. The van der Waals surface area contributed by atoms with E-state index in [1.54, 1.807) is 0 Å². The Kier molecular flexibility index (Phi) is 38.2. The first kappa shape index (κ1) is 51.5. The molecule has 0 heterocycles. The highest BCUT2D eigenvalue weighted by Crippen LogP contribution is 2.42. The summed E-state index contributed by atoms with van der Waals surface area (Å²) in [4.78, 5) is 33.8. The van der Waals surface area contributed by atoms with Crippen molar-refractivity contribution in [1.82, 2.24) is 5.32 Å². The summed E-state index contributed by atoms with van der Waals surface area (Å²) in [7, 11) is -4.44. The first-order chi connectivity index (χ1) is 26.3. The molecule has 0 aromatic carbocycles. The number of hydrogen-bond acceptors (Lipinski definition) is 7. The molecule has 9 nitrogen and oxygen atoms in total. The van der Waals surface area contributed by atoms with Gasteiger partial charge in [-0.1, -0.05) is 170 Å². The molecule has 0 aromatic rings. The molecule has 0 aromatic heterocycles. The molecule has 0 rings (SSSR count). The number of ether oxygens (including phenoxy) is 1. The van der Waals surface area contributed by atoms with Crippen molar-refractivity contribution in [3.8, 4) is 0 Å². The lowest BCUT2D eigenvalue weighted by Gasteiger charge is -2.15. The van der Waals surface area contributed by atoms with E-state index in [0.29, 0.717) is 12.8 Å². The Hall–Kier alpha value is -2.55. The molecule has 3 N–H and O–H groups in total. The zero-order chi connectivity index (χ0) is 39.6. The van der Waals surface area contributed by atoms with Gasteiger partial charge in [-0.15, -0.1) is 0 Å². The van der Waals surface area contributed by atoms with Crippen molar-refractivity contribution >= 4 is 19.7 Å². The predicted molar refractivity (Wildman–Crippen MR) is 224 cm³/mol. The summed E-state index contributed by atoms with van der Waals surface area (Å²) in [6.07, 6.45) is 48.4. The van der Waals surface area contributed by atoms with Crippen LogP contribution in [0.1, 0.15) is 162 Å². The Morgan fingerprint density at radius 1 is 0.593 bits per heavy atom. The molecular formula is C44H76NO8P. The molecule has 0 spiro atoms. The van der Waals surface area contributed by atoms with Crippen LogP contribution in [0.4, 0.5) is 0 Å². The molecule has 310 valence electrons. The quantitative estimate of drug-likeness (QED) is 0.0244. The minimum atomic E-state index is -4.44. The average Bonchev–Trinajstić information content (AvgIpc) is 3.16. The van der Waals surface area contributed by atoms with Gasteiger partial charge >= 0.3 is 13.8 Å². The molecule has 0 aliphatic heterocycles. The van der Waals surface area contributed by atoms with Crippen LogP contribution in [0.15, 0.2) is 72.9 Å². The second kappa shape index (κ2) is 40.1. The number of nitrogens with one attached hydrogen (secondary N) is 1.